The molecule has 0 saturated heterocycles. The number of pyridine rings is 1. The van der Waals surface area contributed by atoms with E-state index in [1.54, 1.807) is 11.0 Å². The topological polar surface area (TPSA) is 33.2 Å². The molecule has 0 aromatic carbocycles. The molecule has 1 heterocycles. The summed E-state index contributed by atoms with van der Waals surface area (Å²) in [4.78, 5) is 18.3. The van der Waals surface area contributed by atoms with E-state index in [1.165, 1.54) is 0 Å². The summed E-state index contributed by atoms with van der Waals surface area (Å²) < 4.78 is 0. The van der Waals surface area contributed by atoms with Crippen molar-refractivity contribution in [2.45, 2.75) is 40.0 Å². The first-order chi connectivity index (χ1) is 8.81. The van der Waals surface area contributed by atoms with Crippen LogP contribution in [0.2, 0.25) is 5.15 Å². The fourth-order valence-corrected chi connectivity index (χ4v) is 1.93. The lowest BCUT2D eigenvalue weighted by Gasteiger charge is -2.19. The van der Waals surface area contributed by atoms with Gasteiger partial charge in [-0.1, -0.05) is 39.3 Å². The highest BCUT2D eigenvalue weighted by molar-refractivity contribution is 6.29. The second-order valence-electron chi connectivity index (χ2n) is 5.67. The molecule has 0 aliphatic rings. The Balaban J connectivity index is 2.87. The van der Waals surface area contributed by atoms with Gasteiger partial charge in [0.2, 0.25) is 0 Å². The smallest absolute Gasteiger partial charge is 0.253 e. The van der Waals surface area contributed by atoms with E-state index in [1.807, 2.05) is 27.0 Å². The molecular weight excluding hydrogens is 260 g/mol. The summed E-state index contributed by atoms with van der Waals surface area (Å²) in [6.07, 6.45) is 0.998. The highest BCUT2D eigenvalue weighted by Gasteiger charge is 2.15. The number of amides is 1. The fraction of sp³-hybridized carbons (Fsp3) is 0.600. The number of carbonyl (C=O) groups is 1. The molecular formula is C15H23ClN2O. The van der Waals surface area contributed by atoms with Crippen LogP contribution in [0.5, 0.6) is 0 Å². The van der Waals surface area contributed by atoms with Crippen LogP contribution >= 0.6 is 11.6 Å². The van der Waals surface area contributed by atoms with Gasteiger partial charge in [-0.15, -0.1) is 0 Å². The predicted octanol–water partition coefficient (Wildman–Crippen LogP) is 3.98. The standard InChI is InChI=1S/C15H23ClN2O/c1-10(2)6-7-18(5)15(19)12-8-13(11(3)4)17-14(16)9-12/h8-11H,6-7H2,1-5H3. The van der Waals surface area contributed by atoms with Crippen LogP contribution in [0.25, 0.3) is 0 Å². The summed E-state index contributed by atoms with van der Waals surface area (Å²) in [5.74, 6) is 0.848. The van der Waals surface area contributed by atoms with Gasteiger partial charge in [-0.3, -0.25) is 4.79 Å². The van der Waals surface area contributed by atoms with Gasteiger partial charge in [0.25, 0.3) is 5.91 Å². The van der Waals surface area contributed by atoms with Gasteiger partial charge in [-0.25, -0.2) is 4.98 Å². The van der Waals surface area contributed by atoms with Gasteiger partial charge in [0.1, 0.15) is 5.15 Å². The van der Waals surface area contributed by atoms with Crippen molar-refractivity contribution in [1.82, 2.24) is 9.88 Å². The lowest BCUT2D eigenvalue weighted by Crippen LogP contribution is -2.28. The molecule has 0 N–H and O–H groups in total. The number of hydrogen-bond acceptors (Lipinski definition) is 2. The summed E-state index contributed by atoms with van der Waals surface area (Å²) in [6.45, 7) is 9.13. The average molecular weight is 283 g/mol. The van der Waals surface area contributed by atoms with Crippen LogP contribution < -0.4 is 0 Å². The Kier molecular flexibility index (Phi) is 5.80. The molecule has 1 aromatic heterocycles. The maximum atomic E-state index is 12.3. The molecule has 1 rings (SSSR count). The molecule has 0 aliphatic carbocycles. The van der Waals surface area contributed by atoms with Crippen LogP contribution in [0.1, 0.15) is 56.1 Å². The zero-order valence-corrected chi connectivity index (χ0v) is 13.2. The molecule has 0 aliphatic heterocycles. The van der Waals surface area contributed by atoms with E-state index in [9.17, 15) is 4.79 Å². The Morgan fingerprint density at radius 3 is 2.47 bits per heavy atom. The maximum Gasteiger partial charge on any atom is 0.253 e. The van der Waals surface area contributed by atoms with Crippen molar-refractivity contribution in [2.75, 3.05) is 13.6 Å². The molecule has 0 saturated carbocycles. The van der Waals surface area contributed by atoms with Crippen LogP contribution in [0, 0.1) is 5.92 Å². The normalized spacial score (nSPS) is 11.2. The average Bonchev–Trinajstić information content (AvgIpc) is 2.34. The number of rotatable bonds is 5. The fourth-order valence-electron chi connectivity index (χ4n) is 1.71. The van der Waals surface area contributed by atoms with Crippen molar-refractivity contribution in [3.05, 3.63) is 28.5 Å². The number of carbonyl (C=O) groups excluding carboxylic acids is 1. The highest BCUT2D eigenvalue weighted by Crippen LogP contribution is 2.18. The predicted molar refractivity (Wildman–Crippen MR) is 79.8 cm³/mol. The lowest BCUT2D eigenvalue weighted by atomic mass is 10.1. The minimum atomic E-state index is 0.00634. The molecule has 0 spiro atoms. The molecule has 0 atom stereocenters. The molecule has 3 nitrogen and oxygen atoms in total. The van der Waals surface area contributed by atoms with Crippen LogP contribution in [0.15, 0.2) is 12.1 Å². The van der Waals surface area contributed by atoms with Crippen LogP contribution in [0.4, 0.5) is 0 Å². The summed E-state index contributed by atoms with van der Waals surface area (Å²) in [5, 5.41) is 0.381. The van der Waals surface area contributed by atoms with E-state index in [0.717, 1.165) is 18.7 Å². The van der Waals surface area contributed by atoms with Crippen molar-refractivity contribution in [3.8, 4) is 0 Å². The third-order valence-electron chi connectivity index (χ3n) is 3.04. The first kappa shape index (κ1) is 16.0. The van der Waals surface area contributed by atoms with E-state index >= 15 is 0 Å². The summed E-state index contributed by atoms with van der Waals surface area (Å²) in [6, 6.07) is 3.48. The van der Waals surface area contributed by atoms with Gasteiger partial charge in [0.15, 0.2) is 0 Å². The molecule has 19 heavy (non-hydrogen) atoms. The minimum Gasteiger partial charge on any atom is -0.342 e. The summed E-state index contributed by atoms with van der Waals surface area (Å²) in [7, 11) is 1.83. The van der Waals surface area contributed by atoms with Gasteiger partial charge in [-0.2, -0.15) is 0 Å². The minimum absolute atomic E-state index is 0.00634. The number of hydrogen-bond donors (Lipinski definition) is 0. The third-order valence-corrected chi connectivity index (χ3v) is 3.23. The Morgan fingerprint density at radius 2 is 1.95 bits per heavy atom. The Labute approximate surface area is 121 Å². The molecule has 4 heteroatoms. The van der Waals surface area contributed by atoms with Gasteiger partial charge in [0.05, 0.1) is 0 Å². The Bertz CT molecular complexity index is 444. The van der Waals surface area contributed by atoms with Crippen molar-refractivity contribution in [3.63, 3.8) is 0 Å². The van der Waals surface area contributed by atoms with Crippen LogP contribution in [0.3, 0.4) is 0 Å². The van der Waals surface area contributed by atoms with Gasteiger partial charge < -0.3 is 4.90 Å². The largest absolute Gasteiger partial charge is 0.342 e. The zero-order valence-electron chi connectivity index (χ0n) is 12.4. The quantitative estimate of drug-likeness (QED) is 0.766. The Hall–Kier alpha value is -1.09. The number of aromatic nitrogens is 1. The maximum absolute atomic E-state index is 12.3. The van der Waals surface area contributed by atoms with E-state index in [4.69, 9.17) is 11.6 Å². The molecule has 1 aromatic rings. The van der Waals surface area contributed by atoms with Crippen molar-refractivity contribution in [1.29, 1.82) is 0 Å². The van der Waals surface area contributed by atoms with E-state index < -0.39 is 0 Å². The second kappa shape index (κ2) is 6.90. The monoisotopic (exact) mass is 282 g/mol. The zero-order chi connectivity index (χ0) is 14.6. The van der Waals surface area contributed by atoms with Gasteiger partial charge >= 0.3 is 0 Å². The molecule has 1 amide bonds. The molecule has 0 bridgehead atoms. The van der Waals surface area contributed by atoms with E-state index in [-0.39, 0.29) is 11.8 Å². The summed E-state index contributed by atoms with van der Waals surface area (Å²) in [5.41, 5.74) is 1.48. The van der Waals surface area contributed by atoms with E-state index in [2.05, 4.69) is 18.8 Å². The number of nitrogens with zero attached hydrogens (tertiary/aromatic N) is 2. The second-order valence-corrected chi connectivity index (χ2v) is 6.05. The summed E-state index contributed by atoms with van der Waals surface area (Å²) >= 11 is 5.99. The molecule has 0 unspecified atom stereocenters. The van der Waals surface area contributed by atoms with Crippen molar-refractivity contribution in [2.24, 2.45) is 5.92 Å². The first-order valence-corrected chi connectivity index (χ1v) is 7.12. The van der Waals surface area contributed by atoms with Crippen LogP contribution in [-0.2, 0) is 0 Å². The lowest BCUT2D eigenvalue weighted by molar-refractivity contribution is 0.0789. The van der Waals surface area contributed by atoms with Crippen molar-refractivity contribution >= 4 is 17.5 Å². The van der Waals surface area contributed by atoms with Crippen LogP contribution in [-0.4, -0.2) is 29.4 Å². The Morgan fingerprint density at radius 1 is 1.32 bits per heavy atom. The van der Waals surface area contributed by atoms with Gasteiger partial charge in [-0.05, 0) is 30.4 Å². The number of halogens is 1. The molecule has 0 radical (unpaired) electrons. The molecule has 106 valence electrons. The third kappa shape index (κ3) is 4.83. The van der Waals surface area contributed by atoms with E-state index in [0.29, 0.717) is 16.6 Å². The highest BCUT2D eigenvalue weighted by atomic mass is 35.5. The molecule has 0 fully saturated rings. The first-order valence-electron chi connectivity index (χ1n) is 6.74. The SMILES string of the molecule is CC(C)CCN(C)C(=O)c1cc(Cl)nc(C(C)C)c1. The van der Waals surface area contributed by atoms with Gasteiger partial charge in [0, 0.05) is 24.8 Å². The van der Waals surface area contributed by atoms with Crippen molar-refractivity contribution < 1.29 is 4.79 Å².